The number of methoxy groups -OCH3 is 1. The third-order valence-corrected chi connectivity index (χ3v) is 5.42. The van der Waals surface area contributed by atoms with Crippen LogP contribution >= 0.6 is 39.1 Å². The summed E-state index contributed by atoms with van der Waals surface area (Å²) in [5.74, 6) is 2.20. The predicted octanol–water partition coefficient (Wildman–Crippen LogP) is 6.23. The number of hydrogen-bond acceptors (Lipinski definition) is 4. The fourth-order valence-corrected chi connectivity index (χ4v) is 3.35. The van der Waals surface area contributed by atoms with E-state index in [1.54, 1.807) is 25.5 Å². The normalized spacial score (nSPS) is 10.8. The molecule has 0 aliphatic carbocycles. The number of nitrogens with one attached hydrogen (secondary N) is 1. The van der Waals surface area contributed by atoms with Gasteiger partial charge in [0, 0.05) is 16.6 Å². The zero-order valence-corrected chi connectivity index (χ0v) is 17.7. The molecule has 2 aromatic carbocycles. The van der Waals surface area contributed by atoms with E-state index in [0.717, 1.165) is 21.4 Å². The Hall–Kier alpha value is -1.66. The highest BCUT2D eigenvalue weighted by Gasteiger charge is 2.15. The van der Waals surface area contributed by atoms with Gasteiger partial charge in [-0.25, -0.2) is 0 Å². The highest BCUT2D eigenvalue weighted by atomic mass is 79.9. The van der Waals surface area contributed by atoms with Crippen LogP contribution in [0.25, 0.3) is 0 Å². The maximum atomic E-state index is 6.09. The molecule has 7 heteroatoms. The SMILES string of the molecule is COc1ccc(Br)c(CNCc2ccco2)c1OCc1ccc(Cl)c(Cl)c1. The molecule has 3 rings (SSSR count). The van der Waals surface area contributed by atoms with Gasteiger partial charge >= 0.3 is 0 Å². The average Bonchev–Trinajstić information content (AvgIpc) is 3.18. The minimum absolute atomic E-state index is 0.342. The number of halogens is 3. The molecule has 0 radical (unpaired) electrons. The minimum atomic E-state index is 0.342. The monoisotopic (exact) mass is 469 g/mol. The van der Waals surface area contributed by atoms with Crippen LogP contribution < -0.4 is 14.8 Å². The lowest BCUT2D eigenvalue weighted by Gasteiger charge is -2.17. The van der Waals surface area contributed by atoms with Gasteiger partial charge in [-0.05, 0) is 42.0 Å². The van der Waals surface area contributed by atoms with Crippen molar-refractivity contribution in [2.75, 3.05) is 7.11 Å². The Morgan fingerprint density at radius 3 is 2.63 bits per heavy atom. The third-order valence-electron chi connectivity index (χ3n) is 3.94. The van der Waals surface area contributed by atoms with Gasteiger partial charge in [0.05, 0.1) is 30.0 Å². The van der Waals surface area contributed by atoms with Crippen molar-refractivity contribution in [1.29, 1.82) is 0 Å². The van der Waals surface area contributed by atoms with Gasteiger partial charge in [-0.15, -0.1) is 0 Å². The molecular formula is C20H18BrCl2NO3. The lowest BCUT2D eigenvalue weighted by molar-refractivity contribution is 0.280. The van der Waals surface area contributed by atoms with E-state index in [-0.39, 0.29) is 0 Å². The summed E-state index contributed by atoms with van der Waals surface area (Å²) in [7, 11) is 1.62. The van der Waals surface area contributed by atoms with E-state index in [4.69, 9.17) is 37.1 Å². The van der Waals surface area contributed by atoms with Crippen LogP contribution in [-0.2, 0) is 19.7 Å². The first-order chi connectivity index (χ1) is 13.1. The summed E-state index contributed by atoms with van der Waals surface area (Å²) < 4.78 is 17.9. The van der Waals surface area contributed by atoms with E-state index in [2.05, 4.69) is 21.2 Å². The predicted molar refractivity (Wildman–Crippen MR) is 111 cm³/mol. The van der Waals surface area contributed by atoms with Crippen molar-refractivity contribution < 1.29 is 13.9 Å². The topological polar surface area (TPSA) is 43.6 Å². The summed E-state index contributed by atoms with van der Waals surface area (Å²) >= 11 is 15.7. The largest absolute Gasteiger partial charge is 0.493 e. The Morgan fingerprint density at radius 1 is 1.07 bits per heavy atom. The highest BCUT2D eigenvalue weighted by molar-refractivity contribution is 9.10. The van der Waals surface area contributed by atoms with Crippen LogP contribution in [-0.4, -0.2) is 7.11 Å². The summed E-state index contributed by atoms with van der Waals surface area (Å²) in [6.07, 6.45) is 1.66. The number of ether oxygens (including phenoxy) is 2. The Labute approximate surface area is 176 Å². The van der Waals surface area contributed by atoms with E-state index >= 15 is 0 Å². The van der Waals surface area contributed by atoms with Crippen LogP contribution in [0.3, 0.4) is 0 Å². The van der Waals surface area contributed by atoms with Crippen LogP contribution in [0.15, 0.2) is 57.6 Å². The summed E-state index contributed by atoms with van der Waals surface area (Å²) in [6, 6.07) is 13.0. The van der Waals surface area contributed by atoms with E-state index in [1.165, 1.54) is 0 Å². The summed E-state index contributed by atoms with van der Waals surface area (Å²) in [5, 5.41) is 4.37. The second-order valence-corrected chi connectivity index (χ2v) is 7.45. The van der Waals surface area contributed by atoms with Gasteiger partial charge in [0.1, 0.15) is 12.4 Å². The molecule has 27 heavy (non-hydrogen) atoms. The molecule has 0 unspecified atom stereocenters. The van der Waals surface area contributed by atoms with Gasteiger partial charge < -0.3 is 19.2 Å². The molecule has 1 heterocycles. The lowest BCUT2D eigenvalue weighted by atomic mass is 10.1. The van der Waals surface area contributed by atoms with Crippen molar-refractivity contribution in [3.63, 3.8) is 0 Å². The third kappa shape index (κ3) is 5.20. The highest BCUT2D eigenvalue weighted by Crippen LogP contribution is 2.37. The van der Waals surface area contributed by atoms with Crippen molar-refractivity contribution in [1.82, 2.24) is 5.32 Å². The Morgan fingerprint density at radius 2 is 1.93 bits per heavy atom. The maximum Gasteiger partial charge on any atom is 0.167 e. The van der Waals surface area contributed by atoms with Gasteiger partial charge in [-0.2, -0.15) is 0 Å². The Kier molecular flexibility index (Phi) is 7.07. The van der Waals surface area contributed by atoms with Crippen LogP contribution in [0, 0.1) is 0 Å². The van der Waals surface area contributed by atoms with Crippen molar-refractivity contribution in [2.45, 2.75) is 19.7 Å². The second-order valence-electron chi connectivity index (χ2n) is 5.78. The quantitative estimate of drug-likeness (QED) is 0.424. The zero-order chi connectivity index (χ0) is 19.2. The number of rotatable bonds is 8. The van der Waals surface area contributed by atoms with Gasteiger partial charge in [-0.3, -0.25) is 0 Å². The number of hydrogen-bond donors (Lipinski definition) is 1. The van der Waals surface area contributed by atoms with Crippen LogP contribution in [0.2, 0.25) is 10.0 Å². The molecule has 0 aliphatic heterocycles. The average molecular weight is 471 g/mol. The second kappa shape index (κ2) is 9.51. The maximum absolute atomic E-state index is 6.09. The first-order valence-electron chi connectivity index (χ1n) is 8.23. The van der Waals surface area contributed by atoms with E-state index in [1.807, 2.05) is 30.3 Å². The van der Waals surface area contributed by atoms with Crippen molar-refractivity contribution in [2.24, 2.45) is 0 Å². The van der Waals surface area contributed by atoms with Crippen LogP contribution in [0.4, 0.5) is 0 Å². The summed E-state index contributed by atoms with van der Waals surface area (Å²) in [5.41, 5.74) is 1.88. The summed E-state index contributed by atoms with van der Waals surface area (Å²) in [4.78, 5) is 0. The van der Waals surface area contributed by atoms with E-state index in [9.17, 15) is 0 Å². The first kappa shape index (κ1) is 20.1. The number of benzene rings is 2. The zero-order valence-electron chi connectivity index (χ0n) is 14.6. The molecule has 0 saturated carbocycles. The van der Waals surface area contributed by atoms with Crippen molar-refractivity contribution in [3.05, 3.63) is 80.1 Å². The fraction of sp³-hybridized carbons (Fsp3) is 0.200. The fourth-order valence-electron chi connectivity index (χ4n) is 2.57. The molecule has 4 nitrogen and oxygen atoms in total. The molecule has 0 aliphatic rings. The van der Waals surface area contributed by atoms with Gasteiger partial charge in [0.15, 0.2) is 11.5 Å². The smallest absolute Gasteiger partial charge is 0.167 e. The molecule has 3 aromatic rings. The van der Waals surface area contributed by atoms with Crippen molar-refractivity contribution in [3.8, 4) is 11.5 Å². The summed E-state index contributed by atoms with van der Waals surface area (Å²) in [6.45, 7) is 1.53. The lowest BCUT2D eigenvalue weighted by Crippen LogP contribution is -2.14. The Bertz CT molecular complexity index is 900. The van der Waals surface area contributed by atoms with Gasteiger partial charge in [0.2, 0.25) is 0 Å². The number of furan rings is 1. The van der Waals surface area contributed by atoms with Gasteiger partial charge in [0.25, 0.3) is 0 Å². The standard InChI is InChI=1S/C20H18BrCl2NO3/c1-25-19-7-5-16(21)15(11-24-10-14-3-2-8-26-14)20(19)27-12-13-4-6-17(22)18(23)9-13/h2-9,24H,10-12H2,1H3. The molecule has 1 N–H and O–H groups in total. The van der Waals surface area contributed by atoms with Crippen LogP contribution in [0.1, 0.15) is 16.9 Å². The van der Waals surface area contributed by atoms with Gasteiger partial charge in [-0.1, -0.05) is 45.2 Å². The molecule has 0 bridgehead atoms. The molecule has 0 saturated heterocycles. The minimum Gasteiger partial charge on any atom is -0.493 e. The van der Waals surface area contributed by atoms with E-state index < -0.39 is 0 Å². The molecule has 0 atom stereocenters. The molecule has 142 valence electrons. The molecule has 0 amide bonds. The van der Waals surface area contributed by atoms with E-state index in [0.29, 0.717) is 41.2 Å². The molecule has 0 spiro atoms. The Balaban J connectivity index is 1.76. The molecular weight excluding hydrogens is 453 g/mol. The molecule has 1 aromatic heterocycles. The molecule has 0 fully saturated rings. The first-order valence-corrected chi connectivity index (χ1v) is 9.78. The van der Waals surface area contributed by atoms with Crippen LogP contribution in [0.5, 0.6) is 11.5 Å². The van der Waals surface area contributed by atoms with Crippen molar-refractivity contribution >= 4 is 39.1 Å².